The third-order valence-electron chi connectivity index (χ3n) is 4.05. The molecule has 3 aromatic rings. The summed E-state index contributed by atoms with van der Waals surface area (Å²) in [6, 6.07) is 6.59. The number of para-hydroxylation sites is 1. The zero-order chi connectivity index (χ0) is 20.4. The number of hydrogen-bond acceptors (Lipinski definition) is 7. The predicted octanol–water partition coefficient (Wildman–Crippen LogP) is 0.297. The van der Waals surface area contributed by atoms with E-state index in [1.807, 2.05) is 0 Å². The molecule has 0 bridgehead atoms. The number of aromatic amines is 1. The minimum absolute atomic E-state index is 0.0531. The van der Waals surface area contributed by atoms with Crippen LogP contribution in [0.5, 0.6) is 5.75 Å². The molecule has 0 spiro atoms. The first-order valence-electron chi connectivity index (χ1n) is 8.23. The number of amides is 1. The van der Waals surface area contributed by atoms with Gasteiger partial charge in [-0.1, -0.05) is 23.9 Å². The molecule has 1 amide bonds. The maximum atomic E-state index is 12.2. The van der Waals surface area contributed by atoms with E-state index in [0.29, 0.717) is 10.7 Å². The molecular formula is C17H18N6O4S. The van der Waals surface area contributed by atoms with Crippen molar-refractivity contribution >= 4 is 35.0 Å². The summed E-state index contributed by atoms with van der Waals surface area (Å²) in [7, 11) is 2.90. The Morgan fingerprint density at radius 1 is 1.32 bits per heavy atom. The zero-order valence-electron chi connectivity index (χ0n) is 15.3. The maximum absolute atomic E-state index is 12.2. The second-order valence-corrected chi connectivity index (χ2v) is 7.33. The summed E-state index contributed by atoms with van der Waals surface area (Å²) in [6.07, 6.45) is 1.34. The highest BCUT2D eigenvalue weighted by Gasteiger charge is 2.19. The molecule has 1 unspecified atom stereocenters. The number of aromatic nitrogens is 4. The number of fused-ring (bicyclic) bond motifs is 1. The first kappa shape index (κ1) is 19.4. The van der Waals surface area contributed by atoms with Crippen molar-refractivity contribution in [3.05, 3.63) is 50.7 Å². The topological polar surface area (TPSA) is 134 Å². The van der Waals surface area contributed by atoms with Gasteiger partial charge in [0.15, 0.2) is 16.3 Å². The summed E-state index contributed by atoms with van der Waals surface area (Å²) >= 11 is 1.09. The fraction of sp³-hybridized carbons (Fsp3) is 0.235. The third-order valence-corrected chi connectivity index (χ3v) is 5.03. The van der Waals surface area contributed by atoms with Crippen molar-refractivity contribution < 1.29 is 9.90 Å². The minimum atomic E-state index is -0.581. The van der Waals surface area contributed by atoms with Gasteiger partial charge in [0.2, 0.25) is 0 Å². The molecule has 1 atom stereocenters. The number of benzene rings is 1. The van der Waals surface area contributed by atoms with Crippen LogP contribution in [0.4, 0.5) is 0 Å². The summed E-state index contributed by atoms with van der Waals surface area (Å²) in [5.41, 5.74) is 2.31. The molecule has 1 aromatic carbocycles. The number of aryl methyl sites for hydroxylation is 1. The van der Waals surface area contributed by atoms with Crippen molar-refractivity contribution in [2.75, 3.05) is 0 Å². The number of carbonyl (C=O) groups is 1. The van der Waals surface area contributed by atoms with E-state index in [1.54, 1.807) is 25.1 Å². The monoisotopic (exact) mass is 402 g/mol. The van der Waals surface area contributed by atoms with E-state index < -0.39 is 16.5 Å². The number of hydrazone groups is 1. The SMILES string of the molecule is CC(Sc1nc2c([nH]1)c(=O)n(C)c(=O)n2C)C(=O)N/N=C\c1ccccc1O. The number of phenolic OH excluding ortho intramolecular Hbond substituents is 1. The van der Waals surface area contributed by atoms with E-state index in [0.717, 1.165) is 16.3 Å². The third kappa shape index (κ3) is 3.69. The molecule has 0 radical (unpaired) electrons. The van der Waals surface area contributed by atoms with Gasteiger partial charge in [0.1, 0.15) is 5.75 Å². The van der Waals surface area contributed by atoms with Crippen LogP contribution in [0.2, 0.25) is 0 Å². The molecule has 10 nitrogen and oxygen atoms in total. The van der Waals surface area contributed by atoms with Crippen LogP contribution in [0, 0.1) is 0 Å². The Labute approximate surface area is 162 Å². The first-order valence-corrected chi connectivity index (χ1v) is 9.11. The van der Waals surface area contributed by atoms with Gasteiger partial charge in [0.25, 0.3) is 11.5 Å². The number of nitrogens with zero attached hydrogens (tertiary/aromatic N) is 4. The molecule has 2 heterocycles. The van der Waals surface area contributed by atoms with Crippen molar-refractivity contribution in [1.82, 2.24) is 24.5 Å². The van der Waals surface area contributed by atoms with Gasteiger partial charge >= 0.3 is 5.69 Å². The van der Waals surface area contributed by atoms with Gasteiger partial charge in [0, 0.05) is 19.7 Å². The van der Waals surface area contributed by atoms with E-state index >= 15 is 0 Å². The fourth-order valence-electron chi connectivity index (χ4n) is 2.43. The van der Waals surface area contributed by atoms with Crippen molar-refractivity contribution in [3.63, 3.8) is 0 Å². The second-order valence-electron chi connectivity index (χ2n) is 6.00. The molecule has 3 rings (SSSR count). The van der Waals surface area contributed by atoms with Crippen molar-refractivity contribution in [2.45, 2.75) is 17.3 Å². The summed E-state index contributed by atoms with van der Waals surface area (Å²) in [4.78, 5) is 43.5. The number of hydrogen-bond donors (Lipinski definition) is 3. The summed E-state index contributed by atoms with van der Waals surface area (Å²) in [5.74, 6) is -0.337. The molecule has 0 saturated carbocycles. The Balaban J connectivity index is 1.73. The van der Waals surface area contributed by atoms with Crippen LogP contribution in [0.15, 0.2) is 44.1 Å². The first-order chi connectivity index (χ1) is 13.3. The average molecular weight is 402 g/mol. The van der Waals surface area contributed by atoms with Crippen molar-refractivity contribution in [1.29, 1.82) is 0 Å². The Bertz CT molecular complexity index is 1190. The van der Waals surface area contributed by atoms with E-state index in [2.05, 4.69) is 20.5 Å². The number of thioether (sulfide) groups is 1. The fourth-order valence-corrected chi connectivity index (χ4v) is 3.23. The van der Waals surface area contributed by atoms with E-state index in [4.69, 9.17) is 0 Å². The smallest absolute Gasteiger partial charge is 0.332 e. The number of aromatic hydroxyl groups is 1. The van der Waals surface area contributed by atoms with Crippen LogP contribution in [-0.4, -0.2) is 41.6 Å². The lowest BCUT2D eigenvalue weighted by Gasteiger charge is -2.06. The van der Waals surface area contributed by atoms with Gasteiger partial charge in [-0.2, -0.15) is 5.10 Å². The Hall–Kier alpha value is -3.34. The summed E-state index contributed by atoms with van der Waals surface area (Å²) < 4.78 is 2.25. The number of carbonyl (C=O) groups excluding carboxylic acids is 1. The zero-order valence-corrected chi connectivity index (χ0v) is 16.1. The molecule has 146 valence electrons. The molecule has 0 saturated heterocycles. The van der Waals surface area contributed by atoms with Crippen LogP contribution in [0.25, 0.3) is 11.2 Å². The van der Waals surface area contributed by atoms with Gasteiger partial charge in [0.05, 0.1) is 11.5 Å². The van der Waals surface area contributed by atoms with Gasteiger partial charge < -0.3 is 10.1 Å². The summed E-state index contributed by atoms with van der Waals surface area (Å²) in [6.45, 7) is 1.65. The lowest BCUT2D eigenvalue weighted by molar-refractivity contribution is -0.120. The Morgan fingerprint density at radius 3 is 2.75 bits per heavy atom. The number of nitrogens with one attached hydrogen (secondary N) is 2. The van der Waals surface area contributed by atoms with Crippen molar-refractivity contribution in [3.8, 4) is 5.75 Å². The standard InChI is InChI=1S/C17H18N6O4S/c1-9(14(25)21-18-8-10-6-4-5-7-11(10)24)28-16-19-12-13(20-16)22(2)17(27)23(3)15(12)26/h4-9,24H,1-3H3,(H,19,20)(H,21,25)/b18-8-. The number of phenols is 1. The molecule has 0 aliphatic rings. The Morgan fingerprint density at radius 2 is 2.04 bits per heavy atom. The molecule has 3 N–H and O–H groups in total. The molecular weight excluding hydrogens is 384 g/mol. The highest BCUT2D eigenvalue weighted by atomic mass is 32.2. The largest absolute Gasteiger partial charge is 0.507 e. The highest BCUT2D eigenvalue weighted by molar-refractivity contribution is 8.00. The molecule has 2 aromatic heterocycles. The van der Waals surface area contributed by atoms with Crippen LogP contribution in [0.3, 0.4) is 0 Å². The van der Waals surface area contributed by atoms with Gasteiger partial charge in [-0.05, 0) is 19.1 Å². The summed E-state index contributed by atoms with van der Waals surface area (Å²) in [5, 5.41) is 13.2. The van der Waals surface area contributed by atoms with Gasteiger partial charge in [-0.3, -0.25) is 18.7 Å². The van der Waals surface area contributed by atoms with E-state index in [1.165, 1.54) is 30.9 Å². The molecule has 0 aliphatic carbocycles. The number of rotatable bonds is 5. The maximum Gasteiger partial charge on any atom is 0.332 e. The molecule has 28 heavy (non-hydrogen) atoms. The minimum Gasteiger partial charge on any atom is -0.507 e. The molecule has 11 heteroatoms. The van der Waals surface area contributed by atoms with Crippen LogP contribution < -0.4 is 16.7 Å². The highest BCUT2D eigenvalue weighted by Crippen LogP contribution is 2.21. The quantitative estimate of drug-likeness (QED) is 0.319. The lowest BCUT2D eigenvalue weighted by Crippen LogP contribution is -2.36. The van der Waals surface area contributed by atoms with Crippen molar-refractivity contribution in [2.24, 2.45) is 19.2 Å². The van der Waals surface area contributed by atoms with Gasteiger partial charge in [-0.15, -0.1) is 0 Å². The van der Waals surface area contributed by atoms with Gasteiger partial charge in [-0.25, -0.2) is 15.2 Å². The van der Waals surface area contributed by atoms with Crippen LogP contribution >= 0.6 is 11.8 Å². The van der Waals surface area contributed by atoms with Crippen LogP contribution in [-0.2, 0) is 18.9 Å². The lowest BCUT2D eigenvalue weighted by atomic mass is 10.2. The van der Waals surface area contributed by atoms with Crippen LogP contribution in [0.1, 0.15) is 12.5 Å². The normalized spacial score (nSPS) is 12.5. The second kappa shape index (κ2) is 7.72. The number of H-pyrrole nitrogens is 1. The van der Waals surface area contributed by atoms with E-state index in [-0.39, 0.29) is 22.8 Å². The molecule has 0 fully saturated rings. The van der Waals surface area contributed by atoms with E-state index in [9.17, 15) is 19.5 Å². The average Bonchev–Trinajstić information content (AvgIpc) is 3.10. The number of imidazole rings is 1. The molecule has 0 aliphatic heterocycles. The predicted molar refractivity (Wildman–Crippen MR) is 106 cm³/mol. The Kier molecular flexibility index (Phi) is 5.36.